The van der Waals surface area contributed by atoms with Gasteiger partial charge in [-0.05, 0) is 11.6 Å². The number of benzene rings is 1. The molecular formula is C16H18N4O2. The van der Waals surface area contributed by atoms with Crippen LogP contribution in [0.4, 0.5) is 5.69 Å². The minimum Gasteiger partial charge on any atom is -0.476 e. The predicted octanol–water partition coefficient (Wildman–Crippen LogP) is 1.63. The number of anilines is 1. The molecule has 0 fully saturated rings. The highest BCUT2D eigenvalue weighted by atomic mass is 16.4. The lowest BCUT2D eigenvalue weighted by molar-refractivity contribution is 0.0690. The molecule has 0 atom stereocenters. The van der Waals surface area contributed by atoms with E-state index in [1.54, 1.807) is 6.20 Å². The molecule has 1 aromatic heterocycles. The van der Waals surface area contributed by atoms with Crippen molar-refractivity contribution >= 4 is 11.7 Å². The second-order valence-corrected chi connectivity index (χ2v) is 5.46. The Balaban J connectivity index is 1.75. The Morgan fingerprint density at radius 1 is 1.23 bits per heavy atom. The molecule has 0 bridgehead atoms. The van der Waals surface area contributed by atoms with Crippen LogP contribution in [0.5, 0.6) is 0 Å². The standard InChI is InChI=1S/C16H18N4O2/c1-19-6-7-20(10-12-4-2-3-5-15(12)19)11-13-8-18-14(9-17-13)16(21)22/h2-5,8-9H,6-7,10-11H2,1H3,(H,21,22). The molecule has 0 unspecified atom stereocenters. The average Bonchev–Trinajstić information content (AvgIpc) is 2.68. The number of aromatic nitrogens is 2. The van der Waals surface area contributed by atoms with Crippen LogP contribution in [-0.2, 0) is 13.1 Å². The third-order valence-corrected chi connectivity index (χ3v) is 3.86. The third kappa shape index (κ3) is 3.07. The van der Waals surface area contributed by atoms with Gasteiger partial charge in [-0.15, -0.1) is 0 Å². The van der Waals surface area contributed by atoms with Crippen molar-refractivity contribution in [1.82, 2.24) is 14.9 Å². The van der Waals surface area contributed by atoms with Gasteiger partial charge in [0.1, 0.15) is 0 Å². The summed E-state index contributed by atoms with van der Waals surface area (Å²) in [7, 11) is 2.10. The van der Waals surface area contributed by atoms with E-state index >= 15 is 0 Å². The first-order valence-corrected chi connectivity index (χ1v) is 7.19. The third-order valence-electron chi connectivity index (χ3n) is 3.86. The van der Waals surface area contributed by atoms with Crippen LogP contribution in [0.1, 0.15) is 21.7 Å². The van der Waals surface area contributed by atoms with E-state index < -0.39 is 5.97 Å². The first-order valence-electron chi connectivity index (χ1n) is 7.19. The SMILES string of the molecule is CN1CCN(Cc2cnc(C(=O)O)cn2)Cc2ccccc21. The van der Waals surface area contributed by atoms with E-state index in [2.05, 4.69) is 51.1 Å². The number of hydrogen-bond donors (Lipinski definition) is 1. The Kier molecular flexibility index (Phi) is 4.02. The predicted molar refractivity (Wildman–Crippen MR) is 82.8 cm³/mol. The van der Waals surface area contributed by atoms with E-state index in [-0.39, 0.29) is 5.69 Å². The fourth-order valence-electron chi connectivity index (χ4n) is 2.66. The number of carboxylic acid groups (broad SMARTS) is 1. The molecule has 6 nitrogen and oxygen atoms in total. The highest BCUT2D eigenvalue weighted by Crippen LogP contribution is 2.24. The van der Waals surface area contributed by atoms with E-state index in [0.29, 0.717) is 6.54 Å². The van der Waals surface area contributed by atoms with Crippen LogP contribution >= 0.6 is 0 Å². The maximum absolute atomic E-state index is 10.8. The molecule has 0 spiro atoms. The molecule has 114 valence electrons. The fourth-order valence-corrected chi connectivity index (χ4v) is 2.66. The maximum atomic E-state index is 10.8. The van der Waals surface area contributed by atoms with Gasteiger partial charge in [-0.3, -0.25) is 9.88 Å². The molecule has 22 heavy (non-hydrogen) atoms. The Morgan fingerprint density at radius 3 is 2.77 bits per heavy atom. The van der Waals surface area contributed by atoms with Crippen LogP contribution in [0.15, 0.2) is 36.7 Å². The molecule has 0 amide bonds. The zero-order valence-corrected chi connectivity index (χ0v) is 12.4. The van der Waals surface area contributed by atoms with Crippen LogP contribution in [0.2, 0.25) is 0 Å². The molecule has 0 aliphatic carbocycles. The molecule has 1 aliphatic rings. The Hall–Kier alpha value is -2.47. The molecule has 2 heterocycles. The molecule has 2 aromatic rings. The molecule has 1 N–H and O–H groups in total. The summed E-state index contributed by atoms with van der Waals surface area (Å²) in [6.45, 7) is 3.38. The van der Waals surface area contributed by atoms with Gasteiger partial charge in [-0.2, -0.15) is 0 Å². The summed E-state index contributed by atoms with van der Waals surface area (Å²) < 4.78 is 0. The molecule has 0 saturated heterocycles. The number of carboxylic acids is 1. The van der Waals surface area contributed by atoms with Crippen molar-refractivity contribution in [3.8, 4) is 0 Å². The summed E-state index contributed by atoms with van der Waals surface area (Å²) in [5.41, 5.74) is 3.31. The topological polar surface area (TPSA) is 69.6 Å². The quantitative estimate of drug-likeness (QED) is 0.928. The van der Waals surface area contributed by atoms with E-state index in [1.165, 1.54) is 17.4 Å². The van der Waals surface area contributed by atoms with Crippen LogP contribution in [0.3, 0.4) is 0 Å². The number of aromatic carboxylic acids is 1. The zero-order valence-electron chi connectivity index (χ0n) is 12.4. The minimum absolute atomic E-state index is 0.0234. The van der Waals surface area contributed by atoms with Gasteiger partial charge in [0.15, 0.2) is 5.69 Å². The lowest BCUT2D eigenvalue weighted by Crippen LogP contribution is -2.29. The number of carbonyl (C=O) groups is 1. The summed E-state index contributed by atoms with van der Waals surface area (Å²) >= 11 is 0. The highest BCUT2D eigenvalue weighted by molar-refractivity contribution is 5.84. The number of likely N-dealkylation sites (N-methyl/N-ethyl adjacent to an activating group) is 1. The monoisotopic (exact) mass is 298 g/mol. The van der Waals surface area contributed by atoms with Gasteiger partial charge in [0.2, 0.25) is 0 Å². The van der Waals surface area contributed by atoms with E-state index in [1.807, 2.05) is 0 Å². The zero-order chi connectivity index (χ0) is 15.5. The lowest BCUT2D eigenvalue weighted by Gasteiger charge is -2.20. The first-order chi connectivity index (χ1) is 10.6. The minimum atomic E-state index is -1.05. The van der Waals surface area contributed by atoms with Gasteiger partial charge in [-0.1, -0.05) is 18.2 Å². The van der Waals surface area contributed by atoms with Crippen molar-refractivity contribution < 1.29 is 9.90 Å². The Bertz CT molecular complexity index is 672. The molecular weight excluding hydrogens is 280 g/mol. The van der Waals surface area contributed by atoms with Crippen LogP contribution < -0.4 is 4.90 Å². The molecule has 3 rings (SSSR count). The summed E-state index contributed by atoms with van der Waals surface area (Å²) in [6, 6.07) is 8.39. The maximum Gasteiger partial charge on any atom is 0.356 e. The molecule has 0 radical (unpaired) electrons. The second-order valence-electron chi connectivity index (χ2n) is 5.46. The van der Waals surface area contributed by atoms with Crippen molar-refractivity contribution in [3.63, 3.8) is 0 Å². The normalized spacial score (nSPS) is 15.2. The Morgan fingerprint density at radius 2 is 2.05 bits per heavy atom. The van der Waals surface area contributed by atoms with Gasteiger partial charge < -0.3 is 10.0 Å². The largest absolute Gasteiger partial charge is 0.476 e. The van der Waals surface area contributed by atoms with E-state index in [4.69, 9.17) is 5.11 Å². The molecule has 1 aliphatic heterocycles. The summed E-state index contributed by atoms with van der Waals surface area (Å²) in [5.74, 6) is -1.05. The van der Waals surface area contributed by atoms with Crippen molar-refractivity contribution in [1.29, 1.82) is 0 Å². The number of para-hydroxylation sites is 1. The Labute approximate surface area is 129 Å². The molecule has 1 aromatic carbocycles. The average molecular weight is 298 g/mol. The summed E-state index contributed by atoms with van der Waals surface area (Å²) in [5, 5.41) is 8.85. The van der Waals surface area contributed by atoms with Crippen molar-refractivity contribution in [2.45, 2.75) is 13.1 Å². The summed E-state index contributed by atoms with van der Waals surface area (Å²) in [4.78, 5) is 23.5. The number of hydrogen-bond acceptors (Lipinski definition) is 5. The lowest BCUT2D eigenvalue weighted by atomic mass is 10.1. The van der Waals surface area contributed by atoms with Crippen molar-refractivity contribution in [3.05, 3.63) is 53.6 Å². The molecule has 6 heteroatoms. The number of nitrogens with zero attached hydrogens (tertiary/aromatic N) is 4. The second kappa shape index (κ2) is 6.11. The number of rotatable bonds is 3. The summed E-state index contributed by atoms with van der Waals surface area (Å²) in [6.07, 6.45) is 2.86. The van der Waals surface area contributed by atoms with Crippen molar-refractivity contribution in [2.24, 2.45) is 0 Å². The molecule has 0 saturated carbocycles. The van der Waals surface area contributed by atoms with Crippen molar-refractivity contribution in [2.75, 3.05) is 25.0 Å². The van der Waals surface area contributed by atoms with Gasteiger partial charge in [-0.25, -0.2) is 9.78 Å². The number of fused-ring (bicyclic) bond motifs is 1. The van der Waals surface area contributed by atoms with Gasteiger partial charge in [0, 0.05) is 38.9 Å². The van der Waals surface area contributed by atoms with Gasteiger partial charge >= 0.3 is 5.97 Å². The van der Waals surface area contributed by atoms with E-state index in [0.717, 1.165) is 25.3 Å². The van der Waals surface area contributed by atoms with Crippen LogP contribution in [-0.4, -0.2) is 46.1 Å². The van der Waals surface area contributed by atoms with Crippen LogP contribution in [0.25, 0.3) is 0 Å². The highest BCUT2D eigenvalue weighted by Gasteiger charge is 2.17. The first kappa shape index (κ1) is 14.5. The van der Waals surface area contributed by atoms with Crippen LogP contribution in [0, 0.1) is 0 Å². The van der Waals surface area contributed by atoms with E-state index in [9.17, 15) is 4.79 Å². The smallest absolute Gasteiger partial charge is 0.356 e. The van der Waals surface area contributed by atoms with Gasteiger partial charge in [0.25, 0.3) is 0 Å². The van der Waals surface area contributed by atoms with Gasteiger partial charge in [0.05, 0.1) is 18.1 Å². The fraction of sp³-hybridized carbons (Fsp3) is 0.312.